The first kappa shape index (κ1) is 10.9. The molecule has 2 N–H and O–H groups in total. The number of anilines is 1. The van der Waals surface area contributed by atoms with Crippen molar-refractivity contribution in [1.29, 1.82) is 0 Å². The van der Waals surface area contributed by atoms with E-state index in [4.69, 9.17) is 11.6 Å². The minimum Gasteiger partial charge on any atom is -0.387 e. The van der Waals surface area contributed by atoms with E-state index in [1.807, 2.05) is 13.0 Å². The van der Waals surface area contributed by atoms with Gasteiger partial charge in [-0.05, 0) is 19.1 Å². The van der Waals surface area contributed by atoms with Gasteiger partial charge in [0.05, 0.1) is 16.3 Å². The highest BCUT2D eigenvalue weighted by Crippen LogP contribution is 2.25. The van der Waals surface area contributed by atoms with Crippen molar-refractivity contribution in [1.82, 2.24) is 5.32 Å². The van der Waals surface area contributed by atoms with Crippen molar-refractivity contribution in [3.63, 3.8) is 0 Å². The summed E-state index contributed by atoms with van der Waals surface area (Å²) in [6.45, 7) is 2.46. The second-order valence-electron chi connectivity index (χ2n) is 2.78. The lowest BCUT2D eigenvalue weighted by molar-refractivity contribution is 0.0956. The Hall–Kier alpha value is -1.22. The number of carbonyl (C=O) groups excluding carboxylic acids is 1. The van der Waals surface area contributed by atoms with Crippen LogP contribution in [0.4, 0.5) is 5.69 Å². The third-order valence-electron chi connectivity index (χ3n) is 1.85. The van der Waals surface area contributed by atoms with Crippen molar-refractivity contribution < 1.29 is 4.79 Å². The van der Waals surface area contributed by atoms with Crippen LogP contribution in [0.2, 0.25) is 5.02 Å². The summed E-state index contributed by atoms with van der Waals surface area (Å²) in [6.07, 6.45) is 0. The Morgan fingerprint density at radius 1 is 1.50 bits per heavy atom. The summed E-state index contributed by atoms with van der Waals surface area (Å²) in [6, 6.07) is 5.32. The van der Waals surface area contributed by atoms with Crippen LogP contribution in [0.1, 0.15) is 17.3 Å². The molecular formula is C10H13ClN2O. The molecule has 0 heterocycles. The second kappa shape index (κ2) is 4.86. The first-order valence-electron chi connectivity index (χ1n) is 4.45. The Labute approximate surface area is 88.5 Å². The van der Waals surface area contributed by atoms with Crippen LogP contribution in [0.3, 0.4) is 0 Å². The van der Waals surface area contributed by atoms with Gasteiger partial charge >= 0.3 is 0 Å². The molecule has 0 saturated heterocycles. The molecule has 0 aliphatic rings. The SMILES string of the molecule is CCNC(=O)c1cccc(NC)c1Cl. The lowest BCUT2D eigenvalue weighted by atomic mass is 10.2. The molecule has 0 saturated carbocycles. The summed E-state index contributed by atoms with van der Waals surface area (Å²) in [5.74, 6) is -0.144. The van der Waals surface area contributed by atoms with E-state index in [1.54, 1.807) is 19.2 Å². The van der Waals surface area contributed by atoms with E-state index >= 15 is 0 Å². The van der Waals surface area contributed by atoms with E-state index in [1.165, 1.54) is 0 Å². The molecule has 0 radical (unpaired) electrons. The number of halogens is 1. The number of hydrogen-bond donors (Lipinski definition) is 2. The summed E-state index contributed by atoms with van der Waals surface area (Å²) >= 11 is 6.02. The minimum atomic E-state index is -0.144. The van der Waals surface area contributed by atoms with E-state index < -0.39 is 0 Å². The predicted octanol–water partition coefficient (Wildman–Crippen LogP) is 2.13. The highest BCUT2D eigenvalue weighted by Gasteiger charge is 2.11. The molecule has 76 valence electrons. The van der Waals surface area contributed by atoms with E-state index in [9.17, 15) is 4.79 Å². The van der Waals surface area contributed by atoms with Gasteiger partial charge < -0.3 is 10.6 Å². The zero-order valence-electron chi connectivity index (χ0n) is 8.23. The molecule has 0 unspecified atom stereocenters. The average Bonchev–Trinajstić information content (AvgIpc) is 2.18. The molecule has 1 aromatic carbocycles. The summed E-state index contributed by atoms with van der Waals surface area (Å²) in [4.78, 5) is 11.5. The second-order valence-corrected chi connectivity index (χ2v) is 3.15. The molecule has 1 aromatic rings. The van der Waals surface area contributed by atoms with Crippen molar-refractivity contribution in [3.05, 3.63) is 28.8 Å². The molecule has 1 amide bonds. The minimum absolute atomic E-state index is 0.144. The fraction of sp³-hybridized carbons (Fsp3) is 0.300. The van der Waals surface area contributed by atoms with Gasteiger partial charge in [-0.1, -0.05) is 17.7 Å². The van der Waals surface area contributed by atoms with Crippen molar-refractivity contribution in [2.75, 3.05) is 18.9 Å². The molecule has 1 rings (SSSR count). The fourth-order valence-corrected chi connectivity index (χ4v) is 1.46. The monoisotopic (exact) mass is 212 g/mol. The van der Waals surface area contributed by atoms with Crippen LogP contribution in [-0.2, 0) is 0 Å². The van der Waals surface area contributed by atoms with Gasteiger partial charge in [-0.3, -0.25) is 4.79 Å². The molecule has 0 spiro atoms. The van der Waals surface area contributed by atoms with E-state index in [0.29, 0.717) is 17.1 Å². The maximum Gasteiger partial charge on any atom is 0.252 e. The van der Waals surface area contributed by atoms with E-state index in [0.717, 1.165) is 5.69 Å². The fourth-order valence-electron chi connectivity index (χ4n) is 1.16. The maximum atomic E-state index is 11.5. The standard InChI is InChI=1S/C10H13ClN2O/c1-3-13-10(14)7-5-4-6-8(12-2)9(7)11/h4-6,12H,3H2,1-2H3,(H,13,14). The van der Waals surface area contributed by atoms with Gasteiger partial charge in [-0.15, -0.1) is 0 Å². The zero-order chi connectivity index (χ0) is 10.6. The lowest BCUT2D eigenvalue weighted by Gasteiger charge is -2.08. The van der Waals surface area contributed by atoms with Gasteiger partial charge in [0.15, 0.2) is 0 Å². The van der Waals surface area contributed by atoms with Crippen molar-refractivity contribution in [2.24, 2.45) is 0 Å². The van der Waals surface area contributed by atoms with E-state index in [2.05, 4.69) is 10.6 Å². The third-order valence-corrected chi connectivity index (χ3v) is 2.26. The summed E-state index contributed by atoms with van der Waals surface area (Å²) in [5, 5.41) is 6.08. The predicted molar refractivity (Wildman–Crippen MR) is 59.0 cm³/mol. The van der Waals surface area contributed by atoms with Gasteiger partial charge in [0.1, 0.15) is 0 Å². The number of nitrogens with one attached hydrogen (secondary N) is 2. The highest BCUT2D eigenvalue weighted by molar-refractivity contribution is 6.36. The number of rotatable bonds is 3. The highest BCUT2D eigenvalue weighted by atomic mass is 35.5. The van der Waals surface area contributed by atoms with Crippen LogP contribution in [-0.4, -0.2) is 19.5 Å². The third kappa shape index (κ3) is 2.17. The largest absolute Gasteiger partial charge is 0.387 e. The first-order valence-corrected chi connectivity index (χ1v) is 4.83. The van der Waals surface area contributed by atoms with Crippen LogP contribution < -0.4 is 10.6 Å². The maximum absolute atomic E-state index is 11.5. The van der Waals surface area contributed by atoms with Crippen LogP contribution in [0.5, 0.6) is 0 Å². The zero-order valence-corrected chi connectivity index (χ0v) is 8.98. The average molecular weight is 213 g/mol. The summed E-state index contributed by atoms with van der Waals surface area (Å²) in [7, 11) is 1.77. The van der Waals surface area contributed by atoms with Gasteiger partial charge in [-0.2, -0.15) is 0 Å². The molecule has 0 aliphatic heterocycles. The molecule has 0 aliphatic carbocycles. The summed E-state index contributed by atoms with van der Waals surface area (Å²) in [5.41, 5.74) is 1.26. The van der Waals surface area contributed by atoms with Gasteiger partial charge in [0, 0.05) is 13.6 Å². The Balaban J connectivity index is 3.03. The first-order chi connectivity index (χ1) is 6.70. The lowest BCUT2D eigenvalue weighted by Crippen LogP contribution is -2.23. The summed E-state index contributed by atoms with van der Waals surface area (Å²) < 4.78 is 0. The number of amides is 1. The Morgan fingerprint density at radius 3 is 2.79 bits per heavy atom. The number of hydrogen-bond acceptors (Lipinski definition) is 2. The molecule has 0 fully saturated rings. The molecule has 14 heavy (non-hydrogen) atoms. The van der Waals surface area contributed by atoms with Crippen molar-refractivity contribution >= 4 is 23.2 Å². The van der Waals surface area contributed by atoms with Crippen LogP contribution in [0.25, 0.3) is 0 Å². The normalized spacial score (nSPS) is 9.64. The van der Waals surface area contributed by atoms with Gasteiger partial charge in [-0.25, -0.2) is 0 Å². The van der Waals surface area contributed by atoms with E-state index in [-0.39, 0.29) is 5.91 Å². The van der Waals surface area contributed by atoms with Crippen LogP contribution in [0.15, 0.2) is 18.2 Å². The Morgan fingerprint density at radius 2 is 2.21 bits per heavy atom. The molecule has 0 aromatic heterocycles. The topological polar surface area (TPSA) is 41.1 Å². The molecule has 0 bridgehead atoms. The molecular weight excluding hydrogens is 200 g/mol. The number of benzene rings is 1. The quantitative estimate of drug-likeness (QED) is 0.806. The van der Waals surface area contributed by atoms with Crippen LogP contribution in [0, 0.1) is 0 Å². The Bertz CT molecular complexity index is 339. The van der Waals surface area contributed by atoms with Gasteiger partial charge in [0.25, 0.3) is 5.91 Å². The van der Waals surface area contributed by atoms with Gasteiger partial charge in [0.2, 0.25) is 0 Å². The molecule has 3 nitrogen and oxygen atoms in total. The molecule has 0 atom stereocenters. The van der Waals surface area contributed by atoms with Crippen molar-refractivity contribution in [3.8, 4) is 0 Å². The van der Waals surface area contributed by atoms with Crippen molar-refractivity contribution in [2.45, 2.75) is 6.92 Å². The van der Waals surface area contributed by atoms with Crippen LogP contribution >= 0.6 is 11.6 Å². The Kier molecular flexibility index (Phi) is 3.77. The smallest absolute Gasteiger partial charge is 0.252 e. The number of carbonyl (C=O) groups is 1. The molecule has 4 heteroatoms.